The Hall–Kier alpha value is -3.71. The number of piperazine rings is 1. The Labute approximate surface area is 232 Å². The minimum Gasteiger partial charge on any atom is -0.316 e. The van der Waals surface area contributed by atoms with E-state index in [1.54, 1.807) is 12.3 Å². The number of pyridine rings is 1. The lowest BCUT2D eigenvalue weighted by molar-refractivity contribution is -0.164. The Morgan fingerprint density at radius 1 is 0.951 bits per heavy atom. The number of aryl methyl sites for hydroxylation is 1. The van der Waals surface area contributed by atoms with Gasteiger partial charge >= 0.3 is 6.18 Å². The predicted octanol–water partition coefficient (Wildman–Crippen LogP) is 5.24. The molecule has 6 heterocycles. The monoisotopic (exact) mass is 570 g/mol. The van der Waals surface area contributed by atoms with Crippen molar-refractivity contribution in [2.24, 2.45) is 0 Å². The summed E-state index contributed by atoms with van der Waals surface area (Å²) in [7, 11) is 2.16. The van der Waals surface area contributed by atoms with Crippen LogP contribution in [0, 0.1) is 11.6 Å². The smallest absolute Gasteiger partial charge is 0.316 e. The molecule has 2 bridgehead atoms. The fraction of sp³-hybridized carbons (Fsp3) is 0.429. The molecule has 0 aliphatic carbocycles. The van der Waals surface area contributed by atoms with E-state index in [-0.39, 0.29) is 46.9 Å². The number of aromatic nitrogens is 5. The number of fused-ring (bicyclic) bond motifs is 5. The van der Waals surface area contributed by atoms with Crippen molar-refractivity contribution in [2.75, 3.05) is 25.5 Å². The molecule has 0 radical (unpaired) electrons. The molecule has 0 spiro atoms. The van der Waals surface area contributed by atoms with Crippen LogP contribution in [0.15, 0.2) is 36.7 Å². The molecule has 7 rings (SSSR count). The van der Waals surface area contributed by atoms with Gasteiger partial charge in [0.15, 0.2) is 11.6 Å². The predicted molar refractivity (Wildman–Crippen MR) is 141 cm³/mol. The maximum absolute atomic E-state index is 15.0. The minimum atomic E-state index is -4.52. The summed E-state index contributed by atoms with van der Waals surface area (Å²) in [4.78, 5) is 21.7. The van der Waals surface area contributed by atoms with Gasteiger partial charge in [-0.2, -0.15) is 13.2 Å². The lowest BCUT2D eigenvalue weighted by Crippen LogP contribution is -2.51. The molecule has 8 nitrogen and oxygen atoms in total. The normalized spacial score (nSPS) is 22.9. The largest absolute Gasteiger partial charge is 0.409 e. The van der Waals surface area contributed by atoms with Crippen LogP contribution in [0.3, 0.4) is 0 Å². The van der Waals surface area contributed by atoms with Crippen LogP contribution in [0.5, 0.6) is 0 Å². The number of likely N-dealkylation sites (N-methyl/N-ethyl adjacent to an activating group) is 1. The third-order valence-electron chi connectivity index (χ3n) is 8.42. The topological polar surface area (TPSA) is 75.0 Å². The van der Waals surface area contributed by atoms with Gasteiger partial charge in [-0.25, -0.2) is 28.7 Å². The molecule has 2 fully saturated rings. The lowest BCUT2D eigenvalue weighted by atomic mass is 10.1. The first kappa shape index (κ1) is 26.2. The number of anilines is 2. The number of imidazole rings is 1. The highest BCUT2D eigenvalue weighted by molar-refractivity contribution is 5.83. The zero-order valence-corrected chi connectivity index (χ0v) is 22.2. The lowest BCUT2D eigenvalue weighted by Gasteiger charge is -2.39. The first-order valence-electron chi connectivity index (χ1n) is 13.6. The Morgan fingerprint density at radius 2 is 1.73 bits per heavy atom. The average molecular weight is 571 g/mol. The van der Waals surface area contributed by atoms with Crippen molar-refractivity contribution >= 4 is 22.8 Å². The van der Waals surface area contributed by atoms with Crippen LogP contribution in [0.4, 0.5) is 33.7 Å². The molecular weight excluding hydrogens is 543 g/mol. The number of nitrogens with zero attached hydrogens (tertiary/aromatic N) is 7. The molecule has 2 saturated heterocycles. The van der Waals surface area contributed by atoms with Crippen molar-refractivity contribution in [1.29, 1.82) is 0 Å². The number of rotatable bonds is 5. The van der Waals surface area contributed by atoms with Crippen LogP contribution in [-0.2, 0) is 13.0 Å². The molecule has 2 unspecified atom stereocenters. The molecular formula is C28H27F5N8. The molecule has 3 aromatic heterocycles. The average Bonchev–Trinajstić information content (AvgIpc) is 3.57. The van der Waals surface area contributed by atoms with Crippen molar-refractivity contribution in [1.82, 2.24) is 34.3 Å². The fourth-order valence-electron chi connectivity index (χ4n) is 6.57. The molecule has 0 amide bonds. The molecule has 3 aliphatic heterocycles. The zero-order valence-electron chi connectivity index (χ0n) is 22.2. The first-order valence-corrected chi connectivity index (χ1v) is 13.6. The highest BCUT2D eigenvalue weighted by Crippen LogP contribution is 2.42. The second-order valence-corrected chi connectivity index (χ2v) is 11.2. The third kappa shape index (κ3) is 4.70. The van der Waals surface area contributed by atoms with Gasteiger partial charge in [0.2, 0.25) is 5.95 Å². The van der Waals surface area contributed by atoms with Crippen molar-refractivity contribution < 1.29 is 22.0 Å². The van der Waals surface area contributed by atoms with Crippen molar-refractivity contribution in [3.63, 3.8) is 0 Å². The van der Waals surface area contributed by atoms with E-state index >= 15 is 4.39 Å². The Morgan fingerprint density at radius 3 is 2.44 bits per heavy atom. The van der Waals surface area contributed by atoms with Crippen molar-refractivity contribution in [3.05, 3.63) is 59.7 Å². The van der Waals surface area contributed by atoms with E-state index in [1.807, 2.05) is 6.07 Å². The first-order chi connectivity index (χ1) is 19.6. The van der Waals surface area contributed by atoms with Crippen molar-refractivity contribution in [3.8, 4) is 11.3 Å². The maximum atomic E-state index is 15.0. The quantitative estimate of drug-likeness (QED) is 0.329. The molecule has 41 heavy (non-hydrogen) atoms. The SMILES string of the molecule is CN1CC2CCC(C1)N2Cc1ccc(Nc2ncc(F)c(-c3cc(F)c4nc5n(c4c3)[C@H](C(F)(F)F)CC5)n2)nc1. The second kappa shape index (κ2) is 9.69. The molecule has 4 aromatic rings. The van der Waals surface area contributed by atoms with Crippen LogP contribution >= 0.6 is 0 Å². The highest BCUT2D eigenvalue weighted by atomic mass is 19.4. The van der Waals surface area contributed by atoms with Gasteiger partial charge in [-0.3, -0.25) is 4.90 Å². The summed E-state index contributed by atoms with van der Waals surface area (Å²) in [6.45, 7) is 2.95. The van der Waals surface area contributed by atoms with E-state index in [4.69, 9.17) is 0 Å². The molecule has 3 atom stereocenters. The number of alkyl halides is 3. The number of hydrogen-bond donors (Lipinski definition) is 1. The van der Waals surface area contributed by atoms with Crippen LogP contribution in [0.1, 0.15) is 36.7 Å². The third-order valence-corrected chi connectivity index (χ3v) is 8.42. The van der Waals surface area contributed by atoms with Gasteiger partial charge in [-0.15, -0.1) is 0 Å². The van der Waals surface area contributed by atoms with Crippen LogP contribution in [0.25, 0.3) is 22.3 Å². The number of hydrogen-bond acceptors (Lipinski definition) is 7. The molecule has 13 heteroatoms. The fourth-order valence-corrected chi connectivity index (χ4v) is 6.57. The molecule has 1 N–H and O–H groups in total. The van der Waals surface area contributed by atoms with E-state index in [0.717, 1.165) is 42.0 Å². The van der Waals surface area contributed by atoms with Crippen LogP contribution in [0.2, 0.25) is 0 Å². The summed E-state index contributed by atoms with van der Waals surface area (Å²) in [5.74, 6) is -1.08. The van der Waals surface area contributed by atoms with E-state index in [9.17, 15) is 17.6 Å². The van der Waals surface area contributed by atoms with Gasteiger partial charge in [-0.1, -0.05) is 6.07 Å². The Bertz CT molecular complexity index is 1600. The van der Waals surface area contributed by atoms with Gasteiger partial charge in [-0.05, 0) is 50.1 Å². The van der Waals surface area contributed by atoms with E-state index < -0.39 is 23.9 Å². The van der Waals surface area contributed by atoms with E-state index in [0.29, 0.717) is 17.9 Å². The summed E-state index contributed by atoms with van der Waals surface area (Å²) >= 11 is 0. The molecule has 1 aromatic carbocycles. The van der Waals surface area contributed by atoms with Gasteiger partial charge in [0.25, 0.3) is 0 Å². The number of benzene rings is 1. The molecule has 214 valence electrons. The number of halogens is 5. The summed E-state index contributed by atoms with van der Waals surface area (Å²) in [5.41, 5.74) is 0.584. The standard InChI is InChI=1S/C28H27F5N8/c1-39-13-17-3-4-18(14-39)40(17)12-15-2-6-23(34-10-15)36-27-35-11-20(30)25(38-27)16-8-19(29)26-21(9-16)41-22(28(31,32)33)5-7-24(41)37-26/h2,6,8-11,17-18,22H,3-5,7,12-14H2,1H3,(H,34,35,36,38)/t17?,18?,22-/m0/s1. The van der Waals surface area contributed by atoms with Gasteiger partial charge in [0.1, 0.15) is 28.9 Å². The van der Waals surface area contributed by atoms with Crippen LogP contribution in [-0.4, -0.2) is 72.7 Å². The summed E-state index contributed by atoms with van der Waals surface area (Å²) in [6.07, 6.45) is 0.507. The van der Waals surface area contributed by atoms with E-state index in [2.05, 4.69) is 42.1 Å². The molecule has 0 saturated carbocycles. The number of likely N-dealkylation sites (tertiary alicyclic amines) is 1. The summed E-state index contributed by atoms with van der Waals surface area (Å²) in [5, 5.41) is 2.94. The minimum absolute atomic E-state index is 0.0152. The van der Waals surface area contributed by atoms with Gasteiger partial charge < -0.3 is 14.8 Å². The second-order valence-electron chi connectivity index (χ2n) is 11.2. The molecule has 3 aliphatic rings. The summed E-state index contributed by atoms with van der Waals surface area (Å²) in [6, 6.07) is 5.37. The highest BCUT2D eigenvalue weighted by Gasteiger charge is 2.46. The maximum Gasteiger partial charge on any atom is 0.409 e. The van der Waals surface area contributed by atoms with Gasteiger partial charge in [0.05, 0.1) is 11.7 Å². The zero-order chi connectivity index (χ0) is 28.5. The number of nitrogens with one attached hydrogen (secondary N) is 1. The van der Waals surface area contributed by atoms with Gasteiger partial charge in [0, 0.05) is 49.9 Å². The Kier molecular flexibility index (Phi) is 6.19. The van der Waals surface area contributed by atoms with E-state index in [1.165, 1.54) is 18.9 Å². The summed E-state index contributed by atoms with van der Waals surface area (Å²) < 4.78 is 71.8. The van der Waals surface area contributed by atoms with Crippen molar-refractivity contribution in [2.45, 2.75) is 56.5 Å². The Balaban J connectivity index is 1.13. The van der Waals surface area contributed by atoms with Crippen LogP contribution < -0.4 is 5.32 Å².